The fourth-order valence-corrected chi connectivity index (χ4v) is 3.50. The lowest BCUT2D eigenvalue weighted by atomic mass is 10.0. The zero-order valence-electron chi connectivity index (χ0n) is 13.3. The first-order valence-corrected chi connectivity index (χ1v) is 8.47. The van der Waals surface area contributed by atoms with Crippen LogP contribution in [-0.4, -0.2) is 16.4 Å². The smallest absolute Gasteiger partial charge is 0.256 e. The van der Waals surface area contributed by atoms with Crippen molar-refractivity contribution in [2.24, 2.45) is 7.05 Å². The van der Waals surface area contributed by atoms with Crippen LogP contribution >= 0.6 is 11.6 Å². The highest BCUT2D eigenvalue weighted by Crippen LogP contribution is 2.35. The average molecular weight is 337 g/mol. The van der Waals surface area contributed by atoms with Gasteiger partial charge in [0.15, 0.2) is 0 Å². The number of para-hydroxylation sites is 1. The second-order valence-electron chi connectivity index (χ2n) is 6.04. The Morgan fingerprint density at radius 3 is 2.88 bits per heavy atom. The first kappa shape index (κ1) is 15.0. The number of fused-ring (bicyclic) bond motifs is 2. The number of alkyl halides is 1. The predicted octanol–water partition coefficient (Wildman–Crippen LogP) is 4.45. The summed E-state index contributed by atoms with van der Waals surface area (Å²) in [6.07, 6.45) is 4.84. The fraction of sp³-hybridized carbons (Fsp3) is 0.150. The number of anilines is 1. The minimum absolute atomic E-state index is 0.0547. The second-order valence-corrected chi connectivity index (χ2v) is 6.42. The monoisotopic (exact) mass is 336 g/mol. The van der Waals surface area contributed by atoms with Gasteiger partial charge in [-0.2, -0.15) is 0 Å². The summed E-state index contributed by atoms with van der Waals surface area (Å²) < 4.78 is 2.08. The molecule has 1 aliphatic heterocycles. The van der Waals surface area contributed by atoms with Gasteiger partial charge >= 0.3 is 0 Å². The van der Waals surface area contributed by atoms with E-state index in [0.29, 0.717) is 11.5 Å². The number of carbonyl (C=O) groups is 1. The number of hydrogen-bond donors (Lipinski definition) is 1. The maximum Gasteiger partial charge on any atom is 0.256 e. The van der Waals surface area contributed by atoms with Crippen LogP contribution in [-0.2, 0) is 18.3 Å². The molecule has 0 radical (unpaired) electrons. The molecule has 4 rings (SSSR count). The molecule has 1 N–H and O–H groups in total. The summed E-state index contributed by atoms with van der Waals surface area (Å²) in [6, 6.07) is 14.2. The van der Waals surface area contributed by atoms with Gasteiger partial charge in [0.2, 0.25) is 0 Å². The number of aromatic nitrogens is 1. The van der Waals surface area contributed by atoms with Crippen molar-refractivity contribution in [2.75, 3.05) is 11.2 Å². The first-order valence-electron chi connectivity index (χ1n) is 7.94. The van der Waals surface area contributed by atoms with E-state index in [1.807, 2.05) is 37.4 Å². The molecule has 0 atom stereocenters. The van der Waals surface area contributed by atoms with Crippen LogP contribution in [0.25, 0.3) is 22.6 Å². The summed E-state index contributed by atoms with van der Waals surface area (Å²) in [4.78, 5) is 12.4. The van der Waals surface area contributed by atoms with Crippen molar-refractivity contribution in [3.05, 3.63) is 65.4 Å². The Hall–Kier alpha value is -2.52. The maximum atomic E-state index is 12.4. The number of nitrogens with one attached hydrogen (secondary N) is 1. The van der Waals surface area contributed by atoms with Crippen molar-refractivity contribution in [3.63, 3.8) is 0 Å². The highest BCUT2D eigenvalue weighted by molar-refractivity contribution is 6.35. The minimum Gasteiger partial charge on any atom is -0.350 e. The van der Waals surface area contributed by atoms with Gasteiger partial charge in [-0.1, -0.05) is 24.3 Å². The lowest BCUT2D eigenvalue weighted by Gasteiger charge is -2.03. The molecule has 2 aromatic carbocycles. The SMILES string of the molecule is Cn1cc(C=C2C(=O)Nc3ccc(CCCl)cc32)c2ccccc21. The summed E-state index contributed by atoms with van der Waals surface area (Å²) in [5, 5.41) is 4.09. The molecule has 3 nitrogen and oxygen atoms in total. The van der Waals surface area contributed by atoms with Crippen molar-refractivity contribution >= 4 is 45.7 Å². The Kier molecular flexibility index (Phi) is 3.66. The molecule has 4 heteroatoms. The van der Waals surface area contributed by atoms with Gasteiger partial charge in [0, 0.05) is 52.4 Å². The Morgan fingerprint density at radius 1 is 1.21 bits per heavy atom. The molecule has 3 aromatic rings. The van der Waals surface area contributed by atoms with Crippen LogP contribution in [0.15, 0.2) is 48.7 Å². The molecule has 0 aliphatic carbocycles. The van der Waals surface area contributed by atoms with Gasteiger partial charge in [-0.05, 0) is 36.3 Å². The summed E-state index contributed by atoms with van der Waals surface area (Å²) in [5.74, 6) is 0.517. The number of benzene rings is 2. The van der Waals surface area contributed by atoms with Gasteiger partial charge in [-0.15, -0.1) is 11.6 Å². The summed E-state index contributed by atoms with van der Waals surface area (Å²) in [5.41, 5.74) is 5.87. The van der Waals surface area contributed by atoms with E-state index in [1.54, 1.807) is 0 Å². The van der Waals surface area contributed by atoms with Gasteiger partial charge < -0.3 is 9.88 Å². The molecule has 0 saturated heterocycles. The van der Waals surface area contributed by atoms with Gasteiger partial charge in [-0.3, -0.25) is 4.79 Å². The molecule has 1 amide bonds. The minimum atomic E-state index is -0.0547. The molecular formula is C20H17ClN2O. The number of nitrogens with zero attached hydrogens (tertiary/aromatic N) is 1. The van der Waals surface area contributed by atoms with E-state index < -0.39 is 0 Å². The molecule has 0 spiro atoms. The summed E-state index contributed by atoms with van der Waals surface area (Å²) in [6.45, 7) is 0. The van der Waals surface area contributed by atoms with Crippen LogP contribution in [0.3, 0.4) is 0 Å². The van der Waals surface area contributed by atoms with E-state index in [9.17, 15) is 4.79 Å². The Balaban J connectivity index is 1.86. The largest absolute Gasteiger partial charge is 0.350 e. The van der Waals surface area contributed by atoms with Crippen LogP contribution in [0.1, 0.15) is 16.7 Å². The van der Waals surface area contributed by atoms with E-state index in [2.05, 4.69) is 34.3 Å². The molecular weight excluding hydrogens is 320 g/mol. The summed E-state index contributed by atoms with van der Waals surface area (Å²) in [7, 11) is 2.02. The Labute approximate surface area is 145 Å². The molecule has 0 unspecified atom stereocenters. The molecule has 24 heavy (non-hydrogen) atoms. The van der Waals surface area contributed by atoms with E-state index in [-0.39, 0.29) is 5.91 Å². The highest BCUT2D eigenvalue weighted by atomic mass is 35.5. The lowest BCUT2D eigenvalue weighted by molar-refractivity contribution is -0.110. The van der Waals surface area contributed by atoms with Crippen LogP contribution in [0.5, 0.6) is 0 Å². The third-order valence-corrected chi connectivity index (χ3v) is 4.67. The normalized spacial score (nSPS) is 15.1. The third kappa shape index (κ3) is 2.42. The van der Waals surface area contributed by atoms with Crippen molar-refractivity contribution in [2.45, 2.75) is 6.42 Å². The molecule has 0 fully saturated rings. The van der Waals surface area contributed by atoms with Gasteiger partial charge in [0.25, 0.3) is 5.91 Å². The van der Waals surface area contributed by atoms with E-state index in [1.165, 1.54) is 0 Å². The van der Waals surface area contributed by atoms with Crippen LogP contribution in [0.4, 0.5) is 5.69 Å². The number of rotatable bonds is 3. The number of carbonyl (C=O) groups excluding carboxylic acids is 1. The summed E-state index contributed by atoms with van der Waals surface area (Å²) >= 11 is 5.85. The van der Waals surface area contributed by atoms with Crippen molar-refractivity contribution in [1.82, 2.24) is 4.57 Å². The molecule has 2 heterocycles. The maximum absolute atomic E-state index is 12.4. The van der Waals surface area contributed by atoms with Crippen molar-refractivity contribution in [3.8, 4) is 0 Å². The topological polar surface area (TPSA) is 34.0 Å². The standard InChI is InChI=1S/C20H17ClN2O/c1-23-12-14(15-4-2-3-5-19(15)23)11-17-16-10-13(8-9-21)6-7-18(16)22-20(17)24/h2-7,10-12H,8-9H2,1H3,(H,22,24). The first-order chi connectivity index (χ1) is 11.7. The van der Waals surface area contributed by atoms with Gasteiger partial charge in [-0.25, -0.2) is 0 Å². The third-order valence-electron chi connectivity index (χ3n) is 4.48. The fourth-order valence-electron chi connectivity index (χ4n) is 3.29. The number of amides is 1. The quantitative estimate of drug-likeness (QED) is 0.556. The van der Waals surface area contributed by atoms with E-state index >= 15 is 0 Å². The predicted molar refractivity (Wildman–Crippen MR) is 100 cm³/mol. The van der Waals surface area contributed by atoms with Crippen LogP contribution in [0.2, 0.25) is 0 Å². The highest BCUT2D eigenvalue weighted by Gasteiger charge is 2.24. The Bertz CT molecular complexity index is 984. The van der Waals surface area contributed by atoms with Crippen molar-refractivity contribution < 1.29 is 4.79 Å². The van der Waals surface area contributed by atoms with E-state index in [0.717, 1.165) is 39.7 Å². The van der Waals surface area contributed by atoms with Crippen LogP contribution < -0.4 is 5.32 Å². The zero-order valence-corrected chi connectivity index (χ0v) is 14.1. The molecule has 1 aliphatic rings. The van der Waals surface area contributed by atoms with Gasteiger partial charge in [0.1, 0.15) is 0 Å². The lowest BCUT2D eigenvalue weighted by Crippen LogP contribution is -2.03. The number of halogens is 1. The van der Waals surface area contributed by atoms with Gasteiger partial charge in [0.05, 0.1) is 0 Å². The second kappa shape index (κ2) is 5.84. The van der Waals surface area contributed by atoms with Crippen LogP contribution in [0, 0.1) is 0 Å². The Morgan fingerprint density at radius 2 is 2.04 bits per heavy atom. The van der Waals surface area contributed by atoms with Crippen molar-refractivity contribution in [1.29, 1.82) is 0 Å². The average Bonchev–Trinajstić information content (AvgIpc) is 3.07. The molecule has 1 aromatic heterocycles. The molecule has 0 saturated carbocycles. The zero-order chi connectivity index (χ0) is 16.7. The number of aryl methyl sites for hydroxylation is 2. The number of hydrogen-bond acceptors (Lipinski definition) is 1. The molecule has 0 bridgehead atoms. The van der Waals surface area contributed by atoms with E-state index in [4.69, 9.17) is 11.6 Å². The molecule has 120 valence electrons.